The third-order valence-electron chi connectivity index (χ3n) is 2.41. The number of nitrogens with one attached hydrogen (secondary N) is 1. The van der Waals surface area contributed by atoms with E-state index in [1.807, 2.05) is 0 Å². The van der Waals surface area contributed by atoms with Gasteiger partial charge in [0, 0.05) is 5.69 Å². The van der Waals surface area contributed by atoms with Crippen LogP contribution in [0.2, 0.25) is 0 Å². The highest BCUT2D eigenvalue weighted by atomic mass is 16.5. The average molecular weight is 242 g/mol. The molecule has 18 heavy (non-hydrogen) atoms. The fraction of sp³-hybridized carbons (Fsp3) is 0.0714. The van der Waals surface area contributed by atoms with Crippen molar-refractivity contribution in [1.29, 1.82) is 0 Å². The Balaban J connectivity index is 2.26. The van der Waals surface area contributed by atoms with Crippen LogP contribution in [0.3, 0.4) is 0 Å². The fourth-order valence-corrected chi connectivity index (χ4v) is 1.52. The van der Waals surface area contributed by atoms with E-state index in [-0.39, 0.29) is 5.75 Å². The van der Waals surface area contributed by atoms with E-state index in [0.29, 0.717) is 5.69 Å². The summed E-state index contributed by atoms with van der Waals surface area (Å²) < 4.78 is 4.52. The SMILES string of the molecule is COC(=O)Nc1cc[c]c(-c2ccc(O)cc2)c1. The molecule has 2 aromatic rings. The lowest BCUT2D eigenvalue weighted by atomic mass is 10.1. The molecular formula is C14H12NO3. The largest absolute Gasteiger partial charge is 0.508 e. The monoisotopic (exact) mass is 242 g/mol. The van der Waals surface area contributed by atoms with E-state index in [1.165, 1.54) is 7.11 Å². The lowest BCUT2D eigenvalue weighted by Crippen LogP contribution is -2.10. The second kappa shape index (κ2) is 5.23. The van der Waals surface area contributed by atoms with Gasteiger partial charge in [0.2, 0.25) is 0 Å². The van der Waals surface area contributed by atoms with Crippen molar-refractivity contribution in [3.05, 3.63) is 48.5 Å². The number of rotatable bonds is 2. The molecule has 1 radical (unpaired) electrons. The van der Waals surface area contributed by atoms with Crippen LogP contribution >= 0.6 is 0 Å². The van der Waals surface area contributed by atoms with Crippen molar-refractivity contribution < 1.29 is 14.6 Å². The number of hydrogen-bond donors (Lipinski definition) is 2. The predicted octanol–water partition coefficient (Wildman–Crippen LogP) is 3.04. The Labute approximate surface area is 105 Å². The number of phenolic OH excluding ortho intramolecular Hbond substituents is 1. The summed E-state index contributed by atoms with van der Waals surface area (Å²) in [4.78, 5) is 11.1. The molecule has 91 valence electrons. The maximum atomic E-state index is 11.1. The maximum Gasteiger partial charge on any atom is 0.411 e. The zero-order valence-corrected chi connectivity index (χ0v) is 9.81. The summed E-state index contributed by atoms with van der Waals surface area (Å²) in [7, 11) is 1.31. The minimum atomic E-state index is -0.516. The van der Waals surface area contributed by atoms with Gasteiger partial charge >= 0.3 is 6.09 Å². The fourth-order valence-electron chi connectivity index (χ4n) is 1.52. The Bertz CT molecular complexity index is 549. The number of ether oxygens (including phenoxy) is 1. The highest BCUT2D eigenvalue weighted by molar-refractivity contribution is 5.85. The summed E-state index contributed by atoms with van der Waals surface area (Å²) in [6.07, 6.45) is -0.516. The van der Waals surface area contributed by atoms with Gasteiger partial charge in [-0.05, 0) is 41.5 Å². The molecule has 2 aromatic carbocycles. The van der Waals surface area contributed by atoms with Crippen molar-refractivity contribution in [3.63, 3.8) is 0 Å². The van der Waals surface area contributed by atoms with Crippen LogP contribution in [-0.4, -0.2) is 18.3 Å². The van der Waals surface area contributed by atoms with E-state index in [4.69, 9.17) is 0 Å². The molecule has 0 bridgehead atoms. The van der Waals surface area contributed by atoms with Crippen LogP contribution in [0.4, 0.5) is 10.5 Å². The van der Waals surface area contributed by atoms with Gasteiger partial charge in [0.05, 0.1) is 7.11 Å². The van der Waals surface area contributed by atoms with Crippen LogP contribution in [0.1, 0.15) is 0 Å². The molecule has 0 atom stereocenters. The third-order valence-corrected chi connectivity index (χ3v) is 2.41. The number of amides is 1. The molecule has 0 saturated carbocycles. The molecule has 2 rings (SSSR count). The Kier molecular flexibility index (Phi) is 3.48. The van der Waals surface area contributed by atoms with E-state index >= 15 is 0 Å². The van der Waals surface area contributed by atoms with Crippen LogP contribution in [0, 0.1) is 6.07 Å². The average Bonchev–Trinajstić information content (AvgIpc) is 2.40. The van der Waals surface area contributed by atoms with Crippen LogP contribution in [0.25, 0.3) is 11.1 Å². The van der Waals surface area contributed by atoms with E-state index in [0.717, 1.165) is 11.1 Å². The molecule has 1 amide bonds. The highest BCUT2D eigenvalue weighted by Crippen LogP contribution is 2.23. The predicted molar refractivity (Wildman–Crippen MR) is 68.4 cm³/mol. The van der Waals surface area contributed by atoms with Gasteiger partial charge in [-0.1, -0.05) is 18.2 Å². The van der Waals surface area contributed by atoms with Crippen LogP contribution < -0.4 is 5.32 Å². The highest BCUT2D eigenvalue weighted by Gasteiger charge is 2.03. The summed E-state index contributed by atoms with van der Waals surface area (Å²) in [6.45, 7) is 0. The Morgan fingerprint density at radius 3 is 2.67 bits per heavy atom. The summed E-state index contributed by atoms with van der Waals surface area (Å²) in [6, 6.07) is 15.0. The number of benzene rings is 2. The van der Waals surface area contributed by atoms with Gasteiger partial charge in [0.25, 0.3) is 0 Å². The number of carbonyl (C=O) groups excluding carboxylic acids is 1. The molecule has 0 aliphatic carbocycles. The second-order valence-corrected chi connectivity index (χ2v) is 3.65. The first-order valence-electron chi connectivity index (χ1n) is 5.35. The number of methoxy groups -OCH3 is 1. The smallest absolute Gasteiger partial charge is 0.411 e. The van der Waals surface area contributed by atoms with Crippen molar-refractivity contribution in [2.75, 3.05) is 12.4 Å². The van der Waals surface area contributed by atoms with Gasteiger partial charge in [0.1, 0.15) is 5.75 Å². The minimum absolute atomic E-state index is 0.211. The van der Waals surface area contributed by atoms with Crippen LogP contribution in [-0.2, 0) is 4.74 Å². The molecular weight excluding hydrogens is 230 g/mol. The summed E-state index contributed by atoms with van der Waals surface area (Å²) >= 11 is 0. The molecule has 0 unspecified atom stereocenters. The molecule has 2 N–H and O–H groups in total. The standard InChI is InChI=1S/C14H12NO3/c1-18-14(17)15-12-4-2-3-11(9-12)10-5-7-13(16)8-6-10/h2,4-9,16H,1H3,(H,15,17). The van der Waals surface area contributed by atoms with Gasteiger partial charge in [-0.25, -0.2) is 4.79 Å². The molecule has 0 aliphatic heterocycles. The number of hydrogen-bond acceptors (Lipinski definition) is 3. The first kappa shape index (κ1) is 12.0. The van der Waals surface area contributed by atoms with Gasteiger partial charge < -0.3 is 9.84 Å². The Morgan fingerprint density at radius 1 is 1.28 bits per heavy atom. The van der Waals surface area contributed by atoms with Crippen LogP contribution in [0.5, 0.6) is 5.75 Å². The quantitative estimate of drug-likeness (QED) is 0.850. The van der Waals surface area contributed by atoms with Gasteiger partial charge in [-0.3, -0.25) is 5.32 Å². The van der Waals surface area contributed by atoms with E-state index in [2.05, 4.69) is 16.1 Å². The molecule has 0 fully saturated rings. The van der Waals surface area contributed by atoms with Gasteiger partial charge in [-0.2, -0.15) is 0 Å². The van der Waals surface area contributed by atoms with Crippen molar-refractivity contribution in [1.82, 2.24) is 0 Å². The summed E-state index contributed by atoms with van der Waals surface area (Å²) in [5.41, 5.74) is 2.36. The van der Waals surface area contributed by atoms with E-state index in [1.54, 1.807) is 42.5 Å². The van der Waals surface area contributed by atoms with Gasteiger partial charge in [-0.15, -0.1) is 0 Å². The molecule has 4 heteroatoms. The first-order chi connectivity index (χ1) is 8.69. The van der Waals surface area contributed by atoms with Crippen molar-refractivity contribution >= 4 is 11.8 Å². The van der Waals surface area contributed by atoms with Crippen molar-refractivity contribution in [2.45, 2.75) is 0 Å². The second-order valence-electron chi connectivity index (χ2n) is 3.65. The van der Waals surface area contributed by atoms with E-state index in [9.17, 15) is 9.90 Å². The molecule has 0 saturated heterocycles. The molecule has 0 aromatic heterocycles. The normalized spacial score (nSPS) is 9.83. The Morgan fingerprint density at radius 2 is 2.00 bits per heavy atom. The minimum Gasteiger partial charge on any atom is -0.508 e. The lowest BCUT2D eigenvalue weighted by molar-refractivity contribution is 0.187. The summed E-state index contributed by atoms with van der Waals surface area (Å²) in [5, 5.41) is 11.8. The first-order valence-corrected chi connectivity index (χ1v) is 5.35. The van der Waals surface area contributed by atoms with Crippen LogP contribution in [0.15, 0.2) is 42.5 Å². The Hall–Kier alpha value is -2.49. The number of carbonyl (C=O) groups is 1. The van der Waals surface area contributed by atoms with Gasteiger partial charge in [0.15, 0.2) is 0 Å². The number of phenols is 1. The number of aromatic hydroxyl groups is 1. The lowest BCUT2D eigenvalue weighted by Gasteiger charge is -2.06. The zero-order valence-electron chi connectivity index (χ0n) is 9.81. The van der Waals surface area contributed by atoms with Crippen molar-refractivity contribution in [3.8, 4) is 16.9 Å². The topological polar surface area (TPSA) is 58.6 Å². The van der Waals surface area contributed by atoms with E-state index < -0.39 is 6.09 Å². The third kappa shape index (κ3) is 2.79. The molecule has 0 aliphatic rings. The van der Waals surface area contributed by atoms with Crippen molar-refractivity contribution in [2.24, 2.45) is 0 Å². The molecule has 0 heterocycles. The molecule has 0 spiro atoms. The zero-order chi connectivity index (χ0) is 13.0. The molecule has 4 nitrogen and oxygen atoms in total. The number of anilines is 1. The summed E-state index contributed by atoms with van der Waals surface area (Å²) in [5.74, 6) is 0.211. The maximum absolute atomic E-state index is 11.1.